The van der Waals surface area contributed by atoms with Gasteiger partial charge in [-0.2, -0.15) is 0 Å². The van der Waals surface area contributed by atoms with Crippen molar-refractivity contribution in [3.05, 3.63) is 23.8 Å². The van der Waals surface area contributed by atoms with Gasteiger partial charge < -0.3 is 20.3 Å². The third kappa shape index (κ3) is 3.39. The Morgan fingerprint density at radius 1 is 1.32 bits per heavy atom. The molecule has 1 aromatic carbocycles. The quantitative estimate of drug-likeness (QED) is 0.877. The zero-order chi connectivity index (χ0) is 13.8. The molecular formula is C15H23NO3. The van der Waals surface area contributed by atoms with E-state index in [4.69, 9.17) is 15.2 Å². The van der Waals surface area contributed by atoms with Crippen molar-refractivity contribution in [3.8, 4) is 11.5 Å². The molecule has 3 unspecified atom stereocenters. The maximum atomic E-state index is 10.00. The summed E-state index contributed by atoms with van der Waals surface area (Å²) in [5.41, 5.74) is 6.91. The first-order chi connectivity index (χ1) is 9.11. The van der Waals surface area contributed by atoms with Gasteiger partial charge in [-0.25, -0.2) is 0 Å². The van der Waals surface area contributed by atoms with Crippen molar-refractivity contribution in [3.63, 3.8) is 0 Å². The van der Waals surface area contributed by atoms with E-state index in [1.807, 2.05) is 25.1 Å². The highest BCUT2D eigenvalue weighted by Gasteiger charge is 2.25. The Morgan fingerprint density at radius 3 is 2.68 bits per heavy atom. The van der Waals surface area contributed by atoms with Crippen molar-refractivity contribution in [1.29, 1.82) is 0 Å². The fraction of sp³-hybridized carbons (Fsp3) is 0.600. The lowest BCUT2D eigenvalue weighted by molar-refractivity contribution is 0.00617. The van der Waals surface area contributed by atoms with Gasteiger partial charge in [0, 0.05) is 17.7 Å². The zero-order valence-corrected chi connectivity index (χ0v) is 11.6. The molecule has 0 bridgehead atoms. The second kappa shape index (κ2) is 6.26. The van der Waals surface area contributed by atoms with E-state index < -0.39 is 0 Å². The summed E-state index contributed by atoms with van der Waals surface area (Å²) in [5.74, 6) is 1.46. The molecule has 3 atom stereocenters. The molecule has 4 nitrogen and oxygen atoms in total. The number of hydrogen-bond donors (Lipinski definition) is 2. The number of aliphatic hydroxyl groups is 1. The first kappa shape index (κ1) is 14.2. The Labute approximate surface area is 114 Å². The van der Waals surface area contributed by atoms with Crippen LogP contribution in [0.4, 0.5) is 0 Å². The number of benzene rings is 1. The first-order valence-corrected chi connectivity index (χ1v) is 6.90. The fourth-order valence-electron chi connectivity index (χ4n) is 2.50. The zero-order valence-electron chi connectivity index (χ0n) is 11.6. The number of methoxy groups -OCH3 is 1. The van der Waals surface area contributed by atoms with Crippen LogP contribution >= 0.6 is 0 Å². The fourth-order valence-corrected chi connectivity index (χ4v) is 2.50. The average Bonchev–Trinajstić information content (AvgIpc) is 2.41. The van der Waals surface area contributed by atoms with Crippen LogP contribution in [-0.2, 0) is 0 Å². The summed E-state index contributed by atoms with van der Waals surface area (Å²) < 4.78 is 11.2. The van der Waals surface area contributed by atoms with Crippen LogP contribution in [0.25, 0.3) is 0 Å². The van der Waals surface area contributed by atoms with Gasteiger partial charge in [0.25, 0.3) is 0 Å². The lowest BCUT2D eigenvalue weighted by atomic mass is 9.94. The smallest absolute Gasteiger partial charge is 0.128 e. The van der Waals surface area contributed by atoms with Gasteiger partial charge in [0.05, 0.1) is 13.2 Å². The van der Waals surface area contributed by atoms with E-state index in [1.165, 1.54) is 0 Å². The minimum absolute atomic E-state index is 0.110. The molecule has 106 valence electrons. The number of ether oxygens (including phenoxy) is 2. The molecule has 19 heavy (non-hydrogen) atoms. The number of aliphatic hydroxyl groups excluding tert-OH is 1. The highest BCUT2D eigenvalue weighted by atomic mass is 16.5. The van der Waals surface area contributed by atoms with Crippen molar-refractivity contribution in [2.75, 3.05) is 7.11 Å². The van der Waals surface area contributed by atoms with Crippen molar-refractivity contribution in [1.82, 2.24) is 0 Å². The van der Waals surface area contributed by atoms with Crippen molar-refractivity contribution < 1.29 is 14.6 Å². The molecule has 1 aliphatic carbocycles. The second-order valence-electron chi connectivity index (χ2n) is 5.20. The number of hydrogen-bond acceptors (Lipinski definition) is 4. The molecule has 0 aromatic heterocycles. The van der Waals surface area contributed by atoms with Gasteiger partial charge >= 0.3 is 0 Å². The monoisotopic (exact) mass is 265 g/mol. The maximum absolute atomic E-state index is 10.00. The van der Waals surface area contributed by atoms with Crippen LogP contribution in [0.5, 0.6) is 11.5 Å². The van der Waals surface area contributed by atoms with Gasteiger partial charge in [-0.3, -0.25) is 0 Å². The highest BCUT2D eigenvalue weighted by Crippen LogP contribution is 2.32. The largest absolute Gasteiger partial charge is 0.497 e. The third-order valence-corrected chi connectivity index (χ3v) is 3.66. The minimum atomic E-state index is -0.388. The van der Waals surface area contributed by atoms with Gasteiger partial charge in [-0.05, 0) is 32.3 Å². The molecule has 1 fully saturated rings. The van der Waals surface area contributed by atoms with Crippen molar-refractivity contribution in [2.24, 2.45) is 5.73 Å². The lowest BCUT2D eigenvalue weighted by Crippen LogP contribution is -2.35. The molecule has 0 spiro atoms. The summed E-state index contributed by atoms with van der Waals surface area (Å²) in [5, 5.41) is 10.00. The van der Waals surface area contributed by atoms with Crippen LogP contribution in [0.15, 0.2) is 18.2 Å². The Bertz CT molecular complexity index is 420. The summed E-state index contributed by atoms with van der Waals surface area (Å²) >= 11 is 0. The SMILES string of the molecule is COc1ccc(C(C)N)c(OC2CCCCC2O)c1. The van der Waals surface area contributed by atoms with E-state index >= 15 is 0 Å². The predicted molar refractivity (Wildman–Crippen MR) is 74.5 cm³/mol. The molecule has 4 heteroatoms. The maximum Gasteiger partial charge on any atom is 0.128 e. The van der Waals surface area contributed by atoms with Gasteiger partial charge in [0.2, 0.25) is 0 Å². The van der Waals surface area contributed by atoms with E-state index in [0.29, 0.717) is 0 Å². The molecule has 3 N–H and O–H groups in total. The Morgan fingerprint density at radius 2 is 2.05 bits per heavy atom. The molecular weight excluding hydrogens is 242 g/mol. The molecule has 1 aliphatic rings. The van der Waals surface area contributed by atoms with Crippen LogP contribution < -0.4 is 15.2 Å². The van der Waals surface area contributed by atoms with E-state index in [9.17, 15) is 5.11 Å². The molecule has 0 aliphatic heterocycles. The third-order valence-electron chi connectivity index (χ3n) is 3.66. The second-order valence-corrected chi connectivity index (χ2v) is 5.20. The van der Waals surface area contributed by atoms with Gasteiger partial charge in [0.15, 0.2) is 0 Å². The molecule has 0 heterocycles. The normalized spacial score (nSPS) is 24.8. The van der Waals surface area contributed by atoms with Crippen LogP contribution in [0.1, 0.15) is 44.2 Å². The molecule has 2 rings (SSSR count). The molecule has 0 radical (unpaired) electrons. The summed E-state index contributed by atoms with van der Waals surface area (Å²) in [4.78, 5) is 0. The van der Waals surface area contributed by atoms with Crippen LogP contribution in [0.2, 0.25) is 0 Å². The molecule has 0 amide bonds. The Balaban J connectivity index is 2.21. The first-order valence-electron chi connectivity index (χ1n) is 6.90. The topological polar surface area (TPSA) is 64.7 Å². The summed E-state index contributed by atoms with van der Waals surface area (Å²) in [6.07, 6.45) is 3.33. The summed E-state index contributed by atoms with van der Waals surface area (Å²) in [6, 6.07) is 5.54. The lowest BCUT2D eigenvalue weighted by Gasteiger charge is -2.29. The molecule has 1 saturated carbocycles. The average molecular weight is 265 g/mol. The van der Waals surface area contributed by atoms with E-state index in [2.05, 4.69) is 0 Å². The molecule has 1 aromatic rings. The van der Waals surface area contributed by atoms with E-state index in [-0.39, 0.29) is 18.2 Å². The standard InChI is InChI=1S/C15H23NO3/c1-10(16)12-8-7-11(18-2)9-15(12)19-14-6-4-3-5-13(14)17/h7-10,13-14,17H,3-6,16H2,1-2H3. The van der Waals surface area contributed by atoms with Gasteiger partial charge in [-0.15, -0.1) is 0 Å². The molecule has 0 saturated heterocycles. The number of nitrogens with two attached hydrogens (primary N) is 1. The van der Waals surface area contributed by atoms with Crippen LogP contribution in [0, 0.1) is 0 Å². The van der Waals surface area contributed by atoms with Crippen molar-refractivity contribution in [2.45, 2.75) is 50.9 Å². The van der Waals surface area contributed by atoms with Gasteiger partial charge in [-0.1, -0.05) is 12.5 Å². The minimum Gasteiger partial charge on any atom is -0.497 e. The van der Waals surface area contributed by atoms with E-state index in [0.717, 1.165) is 42.7 Å². The number of rotatable bonds is 4. The highest BCUT2D eigenvalue weighted by molar-refractivity contribution is 5.42. The van der Waals surface area contributed by atoms with Crippen LogP contribution in [-0.4, -0.2) is 24.4 Å². The Hall–Kier alpha value is -1.26. The predicted octanol–water partition coefficient (Wildman–Crippen LogP) is 2.40. The Kier molecular flexibility index (Phi) is 4.66. The van der Waals surface area contributed by atoms with E-state index in [1.54, 1.807) is 7.11 Å². The summed E-state index contributed by atoms with van der Waals surface area (Å²) in [6.45, 7) is 1.92. The summed E-state index contributed by atoms with van der Waals surface area (Å²) in [7, 11) is 1.63. The van der Waals surface area contributed by atoms with Gasteiger partial charge in [0.1, 0.15) is 17.6 Å². The van der Waals surface area contributed by atoms with Crippen molar-refractivity contribution >= 4 is 0 Å². The van der Waals surface area contributed by atoms with Crippen LogP contribution in [0.3, 0.4) is 0 Å².